The Kier molecular flexibility index (Phi) is 5.99. The van der Waals surface area contributed by atoms with Crippen LogP contribution in [0.4, 0.5) is 5.82 Å². The number of nitrogens with zero attached hydrogens (tertiary/aromatic N) is 4. The van der Waals surface area contributed by atoms with Gasteiger partial charge < -0.3 is 15.1 Å². The molecule has 1 N–H and O–H groups in total. The average Bonchev–Trinajstić information content (AvgIpc) is 3.28. The van der Waals surface area contributed by atoms with Crippen molar-refractivity contribution < 1.29 is 9.59 Å². The molecule has 4 rings (SSSR count). The van der Waals surface area contributed by atoms with Crippen LogP contribution >= 0.6 is 11.3 Å². The minimum atomic E-state index is 0.121. The number of hydrogen-bond acceptors (Lipinski definition) is 6. The molecule has 2 aromatic heterocycles. The number of hydrogen-bond donors (Lipinski definition) is 1. The number of rotatable bonds is 6. The summed E-state index contributed by atoms with van der Waals surface area (Å²) in [6, 6.07) is 0.290. The molecule has 0 unspecified atom stereocenters. The van der Waals surface area contributed by atoms with Gasteiger partial charge in [-0.3, -0.25) is 9.59 Å². The average molecular weight is 416 g/mol. The SMILES string of the molecule is Cc1c(C(=O)N2CCCC[C@@H]2C)sc2ncnc(NCCCN3CCCC3=O)c12. The number of thiophene rings is 1. The fourth-order valence-electron chi connectivity index (χ4n) is 4.36. The van der Waals surface area contributed by atoms with Gasteiger partial charge in [-0.1, -0.05) is 0 Å². The topological polar surface area (TPSA) is 78.4 Å². The van der Waals surface area contributed by atoms with E-state index in [1.54, 1.807) is 6.33 Å². The third-order valence-corrected chi connectivity index (χ3v) is 7.24. The number of anilines is 1. The van der Waals surface area contributed by atoms with E-state index in [2.05, 4.69) is 22.2 Å². The van der Waals surface area contributed by atoms with Crippen LogP contribution in [0.5, 0.6) is 0 Å². The monoisotopic (exact) mass is 415 g/mol. The summed E-state index contributed by atoms with van der Waals surface area (Å²) in [5.41, 5.74) is 0.964. The van der Waals surface area contributed by atoms with Gasteiger partial charge in [-0.25, -0.2) is 9.97 Å². The first-order valence-corrected chi connectivity index (χ1v) is 11.4. The number of carbonyl (C=O) groups excluding carboxylic acids is 2. The molecule has 2 fully saturated rings. The molecular weight excluding hydrogens is 386 g/mol. The number of carbonyl (C=O) groups is 2. The van der Waals surface area contributed by atoms with E-state index in [1.807, 2.05) is 16.7 Å². The van der Waals surface area contributed by atoms with Crippen molar-refractivity contribution in [2.24, 2.45) is 0 Å². The number of likely N-dealkylation sites (tertiary alicyclic amines) is 2. The van der Waals surface area contributed by atoms with Gasteiger partial charge in [-0.05, 0) is 51.5 Å². The van der Waals surface area contributed by atoms with Crippen molar-refractivity contribution >= 4 is 39.2 Å². The Morgan fingerprint density at radius 3 is 2.90 bits per heavy atom. The standard InChI is InChI=1S/C21H29N5O2S/c1-14-7-3-4-12-26(14)21(28)18-15(2)17-19(23-13-24-20(17)29-18)22-9-6-11-25-10-5-8-16(25)27/h13-14H,3-12H2,1-2H3,(H,22,23,24)/t14-/m0/s1. The summed E-state index contributed by atoms with van der Waals surface area (Å²) in [7, 11) is 0. The second-order valence-electron chi connectivity index (χ2n) is 8.07. The number of nitrogens with one attached hydrogen (secondary N) is 1. The second kappa shape index (κ2) is 8.65. The number of aryl methyl sites for hydroxylation is 1. The van der Waals surface area contributed by atoms with E-state index in [9.17, 15) is 9.59 Å². The fraction of sp³-hybridized carbons (Fsp3) is 0.619. The van der Waals surface area contributed by atoms with Gasteiger partial charge in [0, 0.05) is 38.6 Å². The summed E-state index contributed by atoms with van der Waals surface area (Å²) in [6.45, 7) is 7.35. The Hall–Kier alpha value is -2.22. The van der Waals surface area contributed by atoms with Gasteiger partial charge >= 0.3 is 0 Å². The lowest BCUT2D eigenvalue weighted by atomic mass is 10.0. The molecule has 8 heteroatoms. The Bertz CT molecular complexity index is 912. The summed E-state index contributed by atoms with van der Waals surface area (Å²) in [6.07, 6.45) is 7.42. The highest BCUT2D eigenvalue weighted by molar-refractivity contribution is 7.20. The molecule has 29 heavy (non-hydrogen) atoms. The zero-order valence-corrected chi connectivity index (χ0v) is 18.1. The Balaban J connectivity index is 1.47. The largest absolute Gasteiger partial charge is 0.369 e. The molecule has 0 radical (unpaired) electrons. The maximum absolute atomic E-state index is 13.2. The van der Waals surface area contributed by atoms with E-state index in [1.165, 1.54) is 17.8 Å². The molecular formula is C21H29N5O2S. The lowest BCUT2D eigenvalue weighted by Gasteiger charge is -2.33. The van der Waals surface area contributed by atoms with Crippen LogP contribution in [-0.4, -0.2) is 63.8 Å². The van der Waals surface area contributed by atoms with E-state index in [4.69, 9.17) is 0 Å². The highest BCUT2D eigenvalue weighted by Crippen LogP contribution is 2.35. The number of amides is 2. The Morgan fingerprint density at radius 1 is 1.28 bits per heavy atom. The highest BCUT2D eigenvalue weighted by Gasteiger charge is 2.28. The molecule has 1 atom stereocenters. The van der Waals surface area contributed by atoms with Gasteiger partial charge in [0.15, 0.2) is 0 Å². The summed E-state index contributed by atoms with van der Waals surface area (Å²) in [5.74, 6) is 1.16. The minimum Gasteiger partial charge on any atom is -0.369 e. The van der Waals surface area contributed by atoms with E-state index >= 15 is 0 Å². The van der Waals surface area contributed by atoms with Crippen molar-refractivity contribution in [2.45, 2.75) is 58.4 Å². The normalized spacial score (nSPS) is 19.9. The van der Waals surface area contributed by atoms with Gasteiger partial charge in [0.25, 0.3) is 5.91 Å². The number of aromatic nitrogens is 2. The quantitative estimate of drug-likeness (QED) is 0.731. The predicted molar refractivity (Wildman–Crippen MR) is 115 cm³/mol. The molecule has 2 aliphatic rings. The summed E-state index contributed by atoms with van der Waals surface area (Å²) >= 11 is 1.47. The first kappa shape index (κ1) is 20.1. The molecule has 0 spiro atoms. The Labute approximate surface area is 175 Å². The zero-order chi connectivity index (χ0) is 20.4. The van der Waals surface area contributed by atoms with Crippen molar-refractivity contribution in [3.8, 4) is 0 Å². The Morgan fingerprint density at radius 2 is 2.14 bits per heavy atom. The zero-order valence-electron chi connectivity index (χ0n) is 17.2. The van der Waals surface area contributed by atoms with Crippen LogP contribution < -0.4 is 5.32 Å². The maximum atomic E-state index is 13.2. The summed E-state index contributed by atoms with van der Waals surface area (Å²) in [5, 5.41) is 4.35. The van der Waals surface area contributed by atoms with Crippen LogP contribution in [-0.2, 0) is 4.79 Å². The maximum Gasteiger partial charge on any atom is 0.264 e. The molecule has 0 bridgehead atoms. The second-order valence-corrected chi connectivity index (χ2v) is 9.07. The molecule has 0 aromatic carbocycles. The smallest absolute Gasteiger partial charge is 0.264 e. The van der Waals surface area contributed by atoms with Gasteiger partial charge in [0.2, 0.25) is 5.91 Å². The molecule has 4 heterocycles. The van der Waals surface area contributed by atoms with Crippen molar-refractivity contribution in [2.75, 3.05) is 31.5 Å². The molecule has 2 aromatic rings. The van der Waals surface area contributed by atoms with Gasteiger partial charge in [-0.2, -0.15) is 0 Å². The third kappa shape index (κ3) is 4.08. The lowest BCUT2D eigenvalue weighted by Crippen LogP contribution is -2.41. The van der Waals surface area contributed by atoms with Gasteiger partial charge in [-0.15, -0.1) is 11.3 Å². The van der Waals surface area contributed by atoms with E-state index < -0.39 is 0 Å². The van der Waals surface area contributed by atoms with Crippen LogP contribution in [0, 0.1) is 6.92 Å². The van der Waals surface area contributed by atoms with E-state index in [0.717, 1.165) is 78.3 Å². The lowest BCUT2D eigenvalue weighted by molar-refractivity contribution is -0.127. The molecule has 0 aliphatic carbocycles. The molecule has 0 saturated carbocycles. The van der Waals surface area contributed by atoms with Crippen LogP contribution in [0.2, 0.25) is 0 Å². The number of piperidine rings is 1. The number of fused-ring (bicyclic) bond motifs is 1. The predicted octanol–water partition coefficient (Wildman–Crippen LogP) is 3.44. The molecule has 2 amide bonds. The summed E-state index contributed by atoms with van der Waals surface area (Å²) < 4.78 is 0. The molecule has 7 nitrogen and oxygen atoms in total. The first-order valence-electron chi connectivity index (χ1n) is 10.6. The van der Waals surface area contributed by atoms with E-state index in [-0.39, 0.29) is 17.9 Å². The third-order valence-electron chi connectivity index (χ3n) is 6.05. The van der Waals surface area contributed by atoms with Gasteiger partial charge in [0.1, 0.15) is 17.0 Å². The summed E-state index contributed by atoms with van der Waals surface area (Å²) in [4.78, 5) is 39.3. The molecule has 156 valence electrons. The van der Waals surface area contributed by atoms with Crippen LogP contribution in [0.1, 0.15) is 60.7 Å². The van der Waals surface area contributed by atoms with Crippen LogP contribution in [0.15, 0.2) is 6.33 Å². The molecule has 2 aliphatic heterocycles. The first-order chi connectivity index (χ1) is 14.1. The minimum absolute atomic E-state index is 0.121. The van der Waals surface area contributed by atoms with E-state index in [0.29, 0.717) is 6.42 Å². The van der Waals surface area contributed by atoms with Gasteiger partial charge in [0.05, 0.1) is 10.3 Å². The molecule has 2 saturated heterocycles. The van der Waals surface area contributed by atoms with Crippen molar-refractivity contribution in [3.63, 3.8) is 0 Å². The van der Waals surface area contributed by atoms with Crippen LogP contribution in [0.25, 0.3) is 10.2 Å². The fourth-order valence-corrected chi connectivity index (χ4v) is 5.46. The highest BCUT2D eigenvalue weighted by atomic mass is 32.1. The van der Waals surface area contributed by atoms with Crippen molar-refractivity contribution in [3.05, 3.63) is 16.8 Å². The van der Waals surface area contributed by atoms with Crippen molar-refractivity contribution in [1.82, 2.24) is 19.8 Å². The van der Waals surface area contributed by atoms with Crippen LogP contribution in [0.3, 0.4) is 0 Å². The van der Waals surface area contributed by atoms with Crippen molar-refractivity contribution in [1.29, 1.82) is 0 Å².